The zero-order valence-electron chi connectivity index (χ0n) is 13.2. The van der Waals surface area contributed by atoms with Crippen molar-refractivity contribution in [2.24, 2.45) is 11.5 Å². The molecule has 0 saturated heterocycles. The van der Waals surface area contributed by atoms with Crippen LogP contribution in [0.15, 0.2) is 41.2 Å². The molecule has 0 radical (unpaired) electrons. The molecule has 1 amide bonds. The average molecular weight is 344 g/mol. The van der Waals surface area contributed by atoms with Crippen LogP contribution < -0.4 is 17.0 Å². The number of aromatic nitrogens is 2. The Balaban J connectivity index is 2.50. The predicted octanol–water partition coefficient (Wildman–Crippen LogP) is 1.78. The van der Waals surface area contributed by atoms with Crippen LogP contribution in [0.4, 0.5) is 8.78 Å². The number of halogens is 2. The highest BCUT2D eigenvalue weighted by Crippen LogP contribution is 2.20. The van der Waals surface area contributed by atoms with Gasteiger partial charge < -0.3 is 11.5 Å². The number of fused-ring (bicyclic) bond motifs is 1. The van der Waals surface area contributed by atoms with Gasteiger partial charge in [0.15, 0.2) is 0 Å². The zero-order valence-corrected chi connectivity index (χ0v) is 13.2. The number of hydrogen-bond donors (Lipinski definition) is 2. The fourth-order valence-electron chi connectivity index (χ4n) is 2.68. The van der Waals surface area contributed by atoms with Crippen LogP contribution in [0.2, 0.25) is 0 Å². The Labute approximate surface area is 140 Å². The van der Waals surface area contributed by atoms with Gasteiger partial charge in [-0.3, -0.25) is 14.2 Å². The van der Waals surface area contributed by atoms with Gasteiger partial charge >= 0.3 is 0 Å². The number of carbonyl (C=O) groups excluding carboxylic acids is 1. The zero-order chi connectivity index (χ0) is 18.3. The largest absolute Gasteiger partial charge is 0.366 e. The third kappa shape index (κ3) is 2.87. The number of benzene rings is 2. The van der Waals surface area contributed by atoms with Crippen LogP contribution in [0.3, 0.4) is 0 Å². The highest BCUT2D eigenvalue weighted by atomic mass is 19.1. The van der Waals surface area contributed by atoms with E-state index in [2.05, 4.69) is 4.98 Å². The number of nitrogens with two attached hydrogens (primary N) is 2. The first kappa shape index (κ1) is 16.7. The number of amides is 1. The normalized spacial score (nSPS) is 12.3. The van der Waals surface area contributed by atoms with Crippen LogP contribution in [-0.2, 0) is 0 Å². The van der Waals surface area contributed by atoms with Crippen molar-refractivity contribution < 1.29 is 13.6 Å². The Morgan fingerprint density at radius 1 is 1.20 bits per heavy atom. The first-order chi connectivity index (χ1) is 11.8. The van der Waals surface area contributed by atoms with E-state index in [-0.39, 0.29) is 28.0 Å². The molecule has 0 aliphatic heterocycles. The molecule has 4 N–H and O–H groups in total. The molecule has 0 saturated carbocycles. The minimum absolute atomic E-state index is 0.0307. The molecule has 1 aromatic heterocycles. The molecule has 0 aliphatic carbocycles. The summed E-state index contributed by atoms with van der Waals surface area (Å²) in [5.74, 6) is -2.43. The van der Waals surface area contributed by atoms with Crippen molar-refractivity contribution in [1.82, 2.24) is 9.55 Å². The van der Waals surface area contributed by atoms with Gasteiger partial charge in [0.1, 0.15) is 17.5 Å². The Hall–Kier alpha value is -3.13. The summed E-state index contributed by atoms with van der Waals surface area (Å²) in [6.07, 6.45) is 0. The Morgan fingerprint density at radius 3 is 2.40 bits per heavy atom. The maximum Gasteiger partial charge on any atom is 0.266 e. The predicted molar refractivity (Wildman–Crippen MR) is 88.4 cm³/mol. The maximum absolute atomic E-state index is 13.6. The van der Waals surface area contributed by atoms with Gasteiger partial charge in [0.25, 0.3) is 5.56 Å². The number of rotatable bonds is 3. The lowest BCUT2D eigenvalue weighted by molar-refractivity contribution is 0.100. The Morgan fingerprint density at radius 2 is 1.84 bits per heavy atom. The SMILES string of the molecule is CC(N)c1nc2cccc(C(N)=O)c2c(=O)n1-c1cc(F)cc(F)c1. The highest BCUT2D eigenvalue weighted by molar-refractivity contribution is 6.05. The summed E-state index contributed by atoms with van der Waals surface area (Å²) < 4.78 is 28.2. The van der Waals surface area contributed by atoms with Gasteiger partial charge in [-0.15, -0.1) is 0 Å². The summed E-state index contributed by atoms with van der Waals surface area (Å²) in [5.41, 5.74) is 10.6. The molecule has 0 aliphatic rings. The van der Waals surface area contributed by atoms with Gasteiger partial charge in [-0.25, -0.2) is 13.8 Å². The monoisotopic (exact) mass is 344 g/mol. The number of primary amides is 1. The summed E-state index contributed by atoms with van der Waals surface area (Å²) in [6, 6.07) is 6.39. The van der Waals surface area contributed by atoms with Crippen LogP contribution in [0.25, 0.3) is 16.6 Å². The molecule has 0 spiro atoms. The molecule has 1 unspecified atom stereocenters. The Kier molecular flexibility index (Phi) is 4.05. The van der Waals surface area contributed by atoms with Gasteiger partial charge in [-0.2, -0.15) is 0 Å². The maximum atomic E-state index is 13.6. The second kappa shape index (κ2) is 6.06. The molecule has 3 aromatic rings. The van der Waals surface area contributed by atoms with E-state index < -0.39 is 29.1 Å². The number of hydrogen-bond acceptors (Lipinski definition) is 4. The quantitative estimate of drug-likeness (QED) is 0.756. The summed E-state index contributed by atoms with van der Waals surface area (Å²) in [7, 11) is 0. The van der Waals surface area contributed by atoms with Crippen LogP contribution in [0.5, 0.6) is 0 Å². The van der Waals surface area contributed by atoms with Gasteiger partial charge in [0.2, 0.25) is 5.91 Å². The van der Waals surface area contributed by atoms with Crippen molar-refractivity contribution in [3.8, 4) is 5.69 Å². The molecule has 128 valence electrons. The molecule has 3 rings (SSSR count). The standard InChI is InChI=1S/C17H14F2N4O2/c1-8(20)16-22-13-4-2-3-12(15(21)24)14(13)17(25)23(16)11-6-9(18)5-10(19)7-11/h2-8H,20H2,1H3,(H2,21,24). The lowest BCUT2D eigenvalue weighted by atomic mass is 10.1. The van der Waals surface area contributed by atoms with E-state index in [9.17, 15) is 18.4 Å². The molecule has 0 fully saturated rings. The molecule has 1 heterocycles. The molecule has 1 atom stereocenters. The first-order valence-corrected chi connectivity index (χ1v) is 7.37. The number of nitrogens with zero attached hydrogens (tertiary/aromatic N) is 2. The van der Waals surface area contributed by atoms with E-state index in [0.29, 0.717) is 6.07 Å². The van der Waals surface area contributed by atoms with Crippen molar-refractivity contribution in [1.29, 1.82) is 0 Å². The molecule has 6 nitrogen and oxygen atoms in total. The minimum Gasteiger partial charge on any atom is -0.366 e. The second-order valence-electron chi connectivity index (χ2n) is 5.59. The van der Waals surface area contributed by atoms with Crippen molar-refractivity contribution in [2.75, 3.05) is 0 Å². The third-order valence-corrected chi connectivity index (χ3v) is 3.70. The smallest absolute Gasteiger partial charge is 0.266 e. The Bertz CT molecular complexity index is 1040. The highest BCUT2D eigenvalue weighted by Gasteiger charge is 2.20. The third-order valence-electron chi connectivity index (χ3n) is 3.70. The molecular weight excluding hydrogens is 330 g/mol. The summed E-state index contributed by atoms with van der Waals surface area (Å²) in [6.45, 7) is 1.58. The molecule has 2 aromatic carbocycles. The van der Waals surface area contributed by atoms with Crippen molar-refractivity contribution >= 4 is 16.8 Å². The van der Waals surface area contributed by atoms with Crippen LogP contribution in [-0.4, -0.2) is 15.5 Å². The van der Waals surface area contributed by atoms with E-state index in [1.807, 2.05) is 0 Å². The number of carbonyl (C=O) groups is 1. The van der Waals surface area contributed by atoms with Gasteiger partial charge in [0, 0.05) is 6.07 Å². The van der Waals surface area contributed by atoms with Crippen molar-refractivity contribution in [3.63, 3.8) is 0 Å². The topological polar surface area (TPSA) is 104 Å². The van der Waals surface area contributed by atoms with Gasteiger partial charge in [-0.05, 0) is 31.2 Å². The van der Waals surface area contributed by atoms with Crippen LogP contribution in [0.1, 0.15) is 29.1 Å². The average Bonchev–Trinajstić information content (AvgIpc) is 2.52. The van der Waals surface area contributed by atoms with Crippen molar-refractivity contribution in [2.45, 2.75) is 13.0 Å². The van der Waals surface area contributed by atoms with Crippen LogP contribution >= 0.6 is 0 Å². The van der Waals surface area contributed by atoms with Crippen molar-refractivity contribution in [3.05, 3.63) is 69.8 Å². The fraction of sp³-hybridized carbons (Fsp3) is 0.118. The molecule has 0 bridgehead atoms. The van der Waals surface area contributed by atoms with E-state index in [1.165, 1.54) is 18.2 Å². The van der Waals surface area contributed by atoms with E-state index in [0.717, 1.165) is 16.7 Å². The summed E-state index contributed by atoms with van der Waals surface area (Å²) in [5, 5.41) is -0.0379. The second-order valence-corrected chi connectivity index (χ2v) is 5.59. The lowest BCUT2D eigenvalue weighted by Gasteiger charge is -2.17. The van der Waals surface area contributed by atoms with Gasteiger partial charge in [-0.1, -0.05) is 6.07 Å². The fourth-order valence-corrected chi connectivity index (χ4v) is 2.68. The molecule has 8 heteroatoms. The van der Waals surface area contributed by atoms with E-state index >= 15 is 0 Å². The minimum atomic E-state index is -0.860. The summed E-state index contributed by atoms with van der Waals surface area (Å²) >= 11 is 0. The summed E-state index contributed by atoms with van der Waals surface area (Å²) in [4.78, 5) is 29.0. The van der Waals surface area contributed by atoms with Gasteiger partial charge in [0.05, 0.1) is 28.2 Å². The van der Waals surface area contributed by atoms with E-state index in [4.69, 9.17) is 11.5 Å². The molecular formula is C17H14F2N4O2. The van der Waals surface area contributed by atoms with Crippen LogP contribution in [0, 0.1) is 11.6 Å². The first-order valence-electron chi connectivity index (χ1n) is 7.37. The molecule has 25 heavy (non-hydrogen) atoms. The van der Waals surface area contributed by atoms with E-state index in [1.54, 1.807) is 6.92 Å². The lowest BCUT2D eigenvalue weighted by Crippen LogP contribution is -2.29.